The summed E-state index contributed by atoms with van der Waals surface area (Å²) in [6.07, 6.45) is -3.48. The third-order valence-electron chi connectivity index (χ3n) is 5.12. The quantitative estimate of drug-likeness (QED) is 0.452. The van der Waals surface area contributed by atoms with Gasteiger partial charge < -0.3 is 10.2 Å². The first-order valence-electron chi connectivity index (χ1n) is 10.6. The molecule has 6 nitrogen and oxygen atoms in total. The molecule has 0 aliphatic rings. The highest BCUT2D eigenvalue weighted by Gasteiger charge is 2.41. The van der Waals surface area contributed by atoms with E-state index in [2.05, 4.69) is 10.4 Å². The van der Waals surface area contributed by atoms with Gasteiger partial charge in [0.05, 0.1) is 23.1 Å². The van der Waals surface area contributed by atoms with Crippen LogP contribution in [0.2, 0.25) is 5.02 Å². The van der Waals surface area contributed by atoms with Crippen molar-refractivity contribution >= 4 is 29.1 Å². The highest BCUT2D eigenvalue weighted by Crippen LogP contribution is 2.26. The average molecular weight is 493 g/mol. The summed E-state index contributed by atoms with van der Waals surface area (Å²) in [6, 6.07) is 13.5. The van der Waals surface area contributed by atoms with Gasteiger partial charge in [-0.3, -0.25) is 9.59 Å². The van der Waals surface area contributed by atoms with Gasteiger partial charge in [-0.15, -0.1) is 0 Å². The van der Waals surface area contributed by atoms with E-state index in [-0.39, 0.29) is 19.0 Å². The van der Waals surface area contributed by atoms with Crippen LogP contribution in [-0.2, 0) is 11.3 Å². The average Bonchev–Trinajstić information content (AvgIpc) is 3.22. The molecule has 2 amide bonds. The molecule has 0 unspecified atom stereocenters. The van der Waals surface area contributed by atoms with E-state index in [1.807, 2.05) is 19.9 Å². The maximum absolute atomic E-state index is 13.1. The summed E-state index contributed by atoms with van der Waals surface area (Å²) < 4.78 is 40.1. The molecule has 0 fully saturated rings. The Morgan fingerprint density at radius 2 is 1.85 bits per heavy atom. The van der Waals surface area contributed by atoms with Gasteiger partial charge in [-0.2, -0.15) is 18.3 Å². The van der Waals surface area contributed by atoms with Gasteiger partial charge in [-0.25, -0.2) is 4.68 Å². The van der Waals surface area contributed by atoms with Crippen molar-refractivity contribution in [1.29, 1.82) is 0 Å². The van der Waals surface area contributed by atoms with E-state index >= 15 is 0 Å². The molecular weight excluding hydrogens is 469 g/mol. The number of aromatic nitrogens is 2. The second-order valence-corrected chi connectivity index (χ2v) is 8.40. The third-order valence-corrected chi connectivity index (χ3v) is 5.36. The number of carbonyl (C=O) groups is 2. The van der Waals surface area contributed by atoms with Crippen LogP contribution in [0.4, 0.5) is 18.9 Å². The van der Waals surface area contributed by atoms with E-state index in [0.29, 0.717) is 38.1 Å². The third kappa shape index (κ3) is 5.77. The molecule has 0 aliphatic heterocycles. The van der Waals surface area contributed by atoms with Gasteiger partial charge in [0, 0.05) is 23.8 Å². The SMILES string of the molecule is CCN(Cc1cccc(NC(=O)c2cnn(-c3cccc(Cl)c3)c2C(C)C)c1)C(=O)C(F)(F)F. The van der Waals surface area contributed by atoms with E-state index in [4.69, 9.17) is 11.6 Å². The van der Waals surface area contributed by atoms with Crippen LogP contribution in [0.15, 0.2) is 54.7 Å². The topological polar surface area (TPSA) is 67.2 Å². The number of nitrogens with one attached hydrogen (secondary N) is 1. The number of carbonyl (C=O) groups excluding carboxylic acids is 2. The van der Waals surface area contributed by atoms with Crippen molar-refractivity contribution < 1.29 is 22.8 Å². The van der Waals surface area contributed by atoms with Gasteiger partial charge in [0.2, 0.25) is 0 Å². The zero-order valence-electron chi connectivity index (χ0n) is 18.9. The number of benzene rings is 2. The molecule has 10 heteroatoms. The minimum atomic E-state index is -4.95. The summed E-state index contributed by atoms with van der Waals surface area (Å²) in [5.74, 6) is -2.35. The molecule has 3 aromatic rings. The maximum atomic E-state index is 13.1. The highest BCUT2D eigenvalue weighted by molar-refractivity contribution is 6.30. The standard InChI is InChI=1S/C24H24ClF3N4O2/c1-4-31(23(34)24(26,27)28)14-16-7-5-9-18(11-16)30-22(33)20-13-29-32(21(20)15(2)3)19-10-6-8-17(25)12-19/h5-13,15H,4,14H2,1-3H3,(H,30,33). The molecule has 0 atom stereocenters. The second kappa shape index (κ2) is 10.3. The van der Waals surface area contributed by atoms with Crippen molar-refractivity contribution in [2.24, 2.45) is 0 Å². The Bertz CT molecular complexity index is 1190. The zero-order chi connectivity index (χ0) is 25.0. The molecule has 1 N–H and O–H groups in total. The molecule has 0 spiro atoms. The maximum Gasteiger partial charge on any atom is 0.471 e. The fourth-order valence-corrected chi connectivity index (χ4v) is 3.76. The Balaban J connectivity index is 1.83. The van der Waals surface area contributed by atoms with Crippen molar-refractivity contribution in [2.45, 2.75) is 39.4 Å². The van der Waals surface area contributed by atoms with Crippen molar-refractivity contribution in [3.8, 4) is 5.69 Å². The monoisotopic (exact) mass is 492 g/mol. The van der Waals surface area contributed by atoms with Gasteiger partial charge in [-0.1, -0.05) is 43.6 Å². The van der Waals surface area contributed by atoms with Crippen LogP contribution in [0.3, 0.4) is 0 Å². The predicted molar refractivity (Wildman–Crippen MR) is 124 cm³/mol. The second-order valence-electron chi connectivity index (χ2n) is 7.96. The first-order chi connectivity index (χ1) is 16.0. The number of nitrogens with zero attached hydrogens (tertiary/aromatic N) is 3. The van der Waals surface area contributed by atoms with Crippen LogP contribution in [-0.4, -0.2) is 39.2 Å². The summed E-state index contributed by atoms with van der Waals surface area (Å²) >= 11 is 6.10. The van der Waals surface area contributed by atoms with Gasteiger partial charge >= 0.3 is 12.1 Å². The van der Waals surface area contributed by atoms with Crippen LogP contribution in [0.25, 0.3) is 5.69 Å². The lowest BCUT2D eigenvalue weighted by atomic mass is 10.0. The minimum Gasteiger partial charge on any atom is -0.331 e. The van der Waals surface area contributed by atoms with E-state index < -0.39 is 18.0 Å². The van der Waals surface area contributed by atoms with Gasteiger partial charge in [0.15, 0.2) is 0 Å². The van der Waals surface area contributed by atoms with Crippen molar-refractivity contribution in [1.82, 2.24) is 14.7 Å². The Morgan fingerprint density at radius 3 is 2.47 bits per heavy atom. The summed E-state index contributed by atoms with van der Waals surface area (Å²) in [4.78, 5) is 25.4. The first kappa shape index (κ1) is 25.3. The van der Waals surface area contributed by atoms with Crippen LogP contribution < -0.4 is 5.32 Å². The van der Waals surface area contributed by atoms with Crippen LogP contribution in [0.5, 0.6) is 0 Å². The van der Waals surface area contributed by atoms with Gasteiger partial charge in [0.1, 0.15) is 0 Å². The summed E-state index contributed by atoms with van der Waals surface area (Å²) in [5.41, 5.74) is 2.61. The van der Waals surface area contributed by atoms with Gasteiger partial charge in [0.25, 0.3) is 5.91 Å². The Labute approximate surface area is 200 Å². The number of halogens is 4. The predicted octanol–water partition coefficient (Wildman–Crippen LogP) is 5.81. The van der Waals surface area contributed by atoms with Crippen LogP contribution in [0, 0.1) is 0 Å². The fourth-order valence-electron chi connectivity index (χ4n) is 3.57. The van der Waals surface area contributed by atoms with Gasteiger partial charge in [-0.05, 0) is 48.7 Å². The molecule has 0 aliphatic carbocycles. The molecular formula is C24H24ClF3N4O2. The number of rotatable bonds is 7. The van der Waals surface area contributed by atoms with E-state index in [0.717, 1.165) is 0 Å². The molecule has 180 valence electrons. The largest absolute Gasteiger partial charge is 0.471 e. The molecule has 1 aromatic heterocycles. The molecule has 34 heavy (non-hydrogen) atoms. The number of hydrogen-bond acceptors (Lipinski definition) is 3. The number of hydrogen-bond donors (Lipinski definition) is 1. The fraction of sp³-hybridized carbons (Fsp3) is 0.292. The normalized spacial score (nSPS) is 11.5. The number of anilines is 1. The van der Waals surface area contributed by atoms with E-state index in [1.165, 1.54) is 13.1 Å². The Kier molecular flexibility index (Phi) is 7.66. The molecule has 2 aromatic carbocycles. The highest BCUT2D eigenvalue weighted by atomic mass is 35.5. The lowest BCUT2D eigenvalue weighted by molar-refractivity contribution is -0.185. The number of amides is 2. The van der Waals surface area contributed by atoms with Crippen molar-refractivity contribution in [2.75, 3.05) is 11.9 Å². The van der Waals surface area contributed by atoms with E-state index in [9.17, 15) is 22.8 Å². The van der Waals surface area contributed by atoms with Crippen LogP contribution >= 0.6 is 11.6 Å². The van der Waals surface area contributed by atoms with Crippen molar-refractivity contribution in [3.05, 3.63) is 76.6 Å². The smallest absolute Gasteiger partial charge is 0.331 e. The minimum absolute atomic E-state index is 0.0416. The molecule has 0 saturated carbocycles. The molecule has 3 rings (SSSR count). The zero-order valence-corrected chi connectivity index (χ0v) is 19.6. The molecule has 0 radical (unpaired) electrons. The Hall–Kier alpha value is -3.33. The van der Waals surface area contributed by atoms with Crippen molar-refractivity contribution in [3.63, 3.8) is 0 Å². The Morgan fingerprint density at radius 1 is 1.15 bits per heavy atom. The lowest BCUT2D eigenvalue weighted by Crippen LogP contribution is -2.40. The molecule has 1 heterocycles. The molecule has 0 bridgehead atoms. The summed E-state index contributed by atoms with van der Waals surface area (Å²) in [7, 11) is 0. The molecule has 0 saturated heterocycles. The lowest BCUT2D eigenvalue weighted by Gasteiger charge is -2.22. The summed E-state index contributed by atoms with van der Waals surface area (Å²) in [6.45, 7) is 5.01. The van der Waals surface area contributed by atoms with E-state index in [1.54, 1.807) is 47.1 Å². The van der Waals surface area contributed by atoms with Crippen LogP contribution in [0.1, 0.15) is 48.3 Å². The number of alkyl halides is 3. The first-order valence-corrected chi connectivity index (χ1v) is 11.0. The summed E-state index contributed by atoms with van der Waals surface area (Å²) in [5, 5.41) is 7.68.